The molecule has 1 aliphatic rings. The van der Waals surface area contributed by atoms with Crippen molar-refractivity contribution in [1.29, 1.82) is 0 Å². The van der Waals surface area contributed by atoms with Crippen LogP contribution in [0.25, 0.3) is 0 Å². The van der Waals surface area contributed by atoms with Crippen LogP contribution in [-0.4, -0.2) is 24.1 Å². The molecule has 1 atom stereocenters. The molecule has 0 radical (unpaired) electrons. The molecule has 1 aliphatic heterocycles. The monoisotopic (exact) mass is 289 g/mol. The summed E-state index contributed by atoms with van der Waals surface area (Å²) in [4.78, 5) is 12.5. The minimum Gasteiger partial charge on any atom is -0.364 e. The smallest absolute Gasteiger partial charge is 0.294 e. The fourth-order valence-electron chi connectivity index (χ4n) is 2.15. The second-order valence-corrected chi connectivity index (χ2v) is 5.17. The first-order valence-corrected chi connectivity index (χ1v) is 6.38. The third kappa shape index (κ3) is 2.68. The number of halogens is 2. The Morgan fingerprint density at radius 3 is 2.67 bits per heavy atom. The lowest BCUT2D eigenvalue weighted by molar-refractivity contribution is -0.384. The number of nitrogens with zero attached hydrogens (tertiary/aromatic N) is 2. The van der Waals surface area contributed by atoms with Crippen molar-refractivity contribution < 1.29 is 4.92 Å². The van der Waals surface area contributed by atoms with Gasteiger partial charge in [0.2, 0.25) is 0 Å². The van der Waals surface area contributed by atoms with Crippen molar-refractivity contribution in [3.8, 4) is 0 Å². The number of anilines is 1. The van der Waals surface area contributed by atoms with Crippen molar-refractivity contribution in [2.45, 2.75) is 18.9 Å². The predicted octanol–water partition coefficient (Wildman–Crippen LogP) is 2.83. The zero-order valence-corrected chi connectivity index (χ0v) is 11.1. The van der Waals surface area contributed by atoms with Crippen LogP contribution in [0.5, 0.6) is 0 Å². The first-order chi connectivity index (χ1) is 8.49. The van der Waals surface area contributed by atoms with Crippen molar-refractivity contribution in [3.63, 3.8) is 0 Å². The second kappa shape index (κ2) is 5.30. The Kier molecular flexibility index (Phi) is 3.94. The van der Waals surface area contributed by atoms with Crippen molar-refractivity contribution in [3.05, 3.63) is 32.3 Å². The van der Waals surface area contributed by atoms with Gasteiger partial charge >= 0.3 is 0 Å². The number of hydrogen-bond donors (Lipinski definition) is 1. The van der Waals surface area contributed by atoms with E-state index >= 15 is 0 Å². The Bertz CT molecular complexity index is 482. The lowest BCUT2D eigenvalue weighted by Crippen LogP contribution is -2.43. The van der Waals surface area contributed by atoms with Gasteiger partial charge in [0.1, 0.15) is 5.69 Å². The molecule has 0 saturated carbocycles. The highest BCUT2D eigenvalue weighted by Gasteiger charge is 2.25. The first kappa shape index (κ1) is 13.4. The fourth-order valence-corrected chi connectivity index (χ4v) is 2.47. The average Bonchev–Trinajstić information content (AvgIpc) is 2.31. The van der Waals surface area contributed by atoms with Crippen LogP contribution >= 0.6 is 23.2 Å². The summed E-state index contributed by atoms with van der Waals surface area (Å²) >= 11 is 11.8. The zero-order chi connectivity index (χ0) is 13.3. The maximum Gasteiger partial charge on any atom is 0.294 e. The van der Waals surface area contributed by atoms with E-state index in [1.807, 2.05) is 4.90 Å². The van der Waals surface area contributed by atoms with Gasteiger partial charge in [-0.2, -0.15) is 0 Å². The van der Waals surface area contributed by atoms with E-state index in [2.05, 4.69) is 0 Å². The minimum absolute atomic E-state index is 0.0292. The largest absolute Gasteiger partial charge is 0.364 e. The van der Waals surface area contributed by atoms with Gasteiger partial charge in [-0.3, -0.25) is 10.1 Å². The average molecular weight is 290 g/mol. The van der Waals surface area contributed by atoms with E-state index in [4.69, 9.17) is 28.9 Å². The molecule has 0 spiro atoms. The summed E-state index contributed by atoms with van der Waals surface area (Å²) in [6.07, 6.45) is 1.85. The summed E-state index contributed by atoms with van der Waals surface area (Å²) in [6, 6.07) is 2.87. The Balaban J connectivity index is 2.41. The number of nitro groups is 1. The molecular formula is C11H13Cl2N3O2. The molecule has 5 nitrogen and oxygen atoms in total. The molecule has 0 amide bonds. The van der Waals surface area contributed by atoms with Crippen molar-refractivity contribution in [1.82, 2.24) is 0 Å². The lowest BCUT2D eigenvalue weighted by Gasteiger charge is -2.32. The van der Waals surface area contributed by atoms with Crippen molar-refractivity contribution >= 4 is 34.6 Å². The Hall–Kier alpha value is -1.04. The van der Waals surface area contributed by atoms with Gasteiger partial charge < -0.3 is 10.6 Å². The molecule has 2 rings (SSSR count). The number of piperidine rings is 1. The predicted molar refractivity (Wildman–Crippen MR) is 72.5 cm³/mol. The van der Waals surface area contributed by atoms with Crippen LogP contribution in [0, 0.1) is 10.1 Å². The molecule has 18 heavy (non-hydrogen) atoms. The van der Waals surface area contributed by atoms with Crippen LogP contribution in [0.1, 0.15) is 12.8 Å². The van der Waals surface area contributed by atoms with Gasteiger partial charge in [0.25, 0.3) is 5.69 Å². The summed E-state index contributed by atoms with van der Waals surface area (Å²) in [5, 5.41) is 11.6. The summed E-state index contributed by atoms with van der Waals surface area (Å²) in [5.41, 5.74) is 6.35. The van der Waals surface area contributed by atoms with Gasteiger partial charge in [0, 0.05) is 25.2 Å². The highest BCUT2D eigenvalue weighted by atomic mass is 35.5. The van der Waals surface area contributed by atoms with E-state index in [1.54, 1.807) is 6.07 Å². The molecular weight excluding hydrogens is 277 g/mol. The lowest BCUT2D eigenvalue weighted by atomic mass is 10.1. The summed E-state index contributed by atoms with van der Waals surface area (Å²) in [5.74, 6) is 0. The molecule has 98 valence electrons. The third-order valence-corrected chi connectivity index (χ3v) is 3.73. The van der Waals surface area contributed by atoms with E-state index in [9.17, 15) is 10.1 Å². The number of rotatable bonds is 2. The summed E-state index contributed by atoms with van der Waals surface area (Å²) < 4.78 is 0. The van der Waals surface area contributed by atoms with Gasteiger partial charge in [-0.15, -0.1) is 0 Å². The molecule has 0 unspecified atom stereocenters. The number of benzene rings is 1. The number of hydrogen-bond acceptors (Lipinski definition) is 4. The molecule has 1 fully saturated rings. The highest BCUT2D eigenvalue weighted by Crippen LogP contribution is 2.37. The van der Waals surface area contributed by atoms with Crippen LogP contribution in [0.4, 0.5) is 11.4 Å². The van der Waals surface area contributed by atoms with Gasteiger partial charge in [-0.05, 0) is 18.9 Å². The molecule has 7 heteroatoms. The van der Waals surface area contributed by atoms with E-state index < -0.39 is 4.92 Å². The maximum atomic E-state index is 11.1. The zero-order valence-electron chi connectivity index (χ0n) is 9.60. The van der Waals surface area contributed by atoms with Gasteiger partial charge in [-0.25, -0.2) is 0 Å². The Morgan fingerprint density at radius 2 is 2.06 bits per heavy atom. The fraction of sp³-hybridized carbons (Fsp3) is 0.455. The summed E-state index contributed by atoms with van der Waals surface area (Å²) in [6.45, 7) is 1.34. The number of nitro benzene ring substituents is 1. The quantitative estimate of drug-likeness (QED) is 0.671. The van der Waals surface area contributed by atoms with E-state index in [1.165, 1.54) is 6.07 Å². The molecule has 1 saturated heterocycles. The molecule has 1 aromatic carbocycles. The molecule has 1 heterocycles. The maximum absolute atomic E-state index is 11.1. The molecule has 0 bridgehead atoms. The van der Waals surface area contributed by atoms with E-state index in [-0.39, 0.29) is 16.8 Å². The van der Waals surface area contributed by atoms with E-state index in [0.717, 1.165) is 19.4 Å². The standard InChI is InChI=1S/C11H13Cl2N3O2/c12-8-4-10(11(16(17)18)5-9(8)13)15-3-1-2-7(14)6-15/h4-5,7H,1-3,6,14H2/t7-/m1/s1. The Morgan fingerprint density at radius 1 is 1.39 bits per heavy atom. The minimum atomic E-state index is -0.447. The van der Waals surface area contributed by atoms with Crippen LogP contribution in [0.15, 0.2) is 12.1 Å². The number of nitrogens with two attached hydrogens (primary N) is 1. The third-order valence-electron chi connectivity index (χ3n) is 3.01. The van der Waals surface area contributed by atoms with Crippen LogP contribution in [-0.2, 0) is 0 Å². The molecule has 2 N–H and O–H groups in total. The highest BCUT2D eigenvalue weighted by molar-refractivity contribution is 6.42. The van der Waals surface area contributed by atoms with Crippen LogP contribution in [0.3, 0.4) is 0 Å². The first-order valence-electron chi connectivity index (χ1n) is 5.63. The van der Waals surface area contributed by atoms with Gasteiger partial charge in [0.05, 0.1) is 15.0 Å². The van der Waals surface area contributed by atoms with Crippen LogP contribution < -0.4 is 10.6 Å². The second-order valence-electron chi connectivity index (χ2n) is 4.36. The summed E-state index contributed by atoms with van der Waals surface area (Å²) in [7, 11) is 0. The normalized spacial score (nSPS) is 19.9. The van der Waals surface area contributed by atoms with Gasteiger partial charge in [0.15, 0.2) is 0 Å². The molecule has 1 aromatic rings. The Labute approximate surface area is 115 Å². The van der Waals surface area contributed by atoms with Crippen molar-refractivity contribution in [2.24, 2.45) is 5.73 Å². The topological polar surface area (TPSA) is 72.4 Å². The van der Waals surface area contributed by atoms with Crippen molar-refractivity contribution in [2.75, 3.05) is 18.0 Å². The molecule has 0 aliphatic carbocycles. The van der Waals surface area contributed by atoms with Crippen LogP contribution in [0.2, 0.25) is 10.0 Å². The van der Waals surface area contributed by atoms with E-state index in [0.29, 0.717) is 17.3 Å². The van der Waals surface area contributed by atoms with Gasteiger partial charge in [-0.1, -0.05) is 23.2 Å². The molecule has 0 aromatic heterocycles. The SMILES string of the molecule is N[C@@H]1CCCN(c2cc(Cl)c(Cl)cc2[N+](=O)[O-])C1.